The maximum Gasteiger partial charge on any atom is 0.179 e. The summed E-state index contributed by atoms with van der Waals surface area (Å²) in [7, 11) is 0. The van der Waals surface area contributed by atoms with Gasteiger partial charge >= 0.3 is 0 Å². The molecule has 0 bridgehead atoms. The third-order valence-corrected chi connectivity index (χ3v) is 6.70. The highest BCUT2D eigenvalue weighted by Gasteiger charge is 2.23. The number of aromatic nitrogens is 2. The Morgan fingerprint density at radius 1 is 1.05 bits per heavy atom. The average molecular weight is 559 g/mol. The summed E-state index contributed by atoms with van der Waals surface area (Å²) < 4.78 is 33.6. The number of amidine groups is 1. The van der Waals surface area contributed by atoms with Gasteiger partial charge in [0.05, 0.1) is 24.6 Å². The zero-order chi connectivity index (χ0) is 28.6. The summed E-state index contributed by atoms with van der Waals surface area (Å²) in [5.41, 5.74) is 3.08. The minimum atomic E-state index is -0.669. The highest BCUT2D eigenvalue weighted by Crippen LogP contribution is 2.26. The van der Waals surface area contributed by atoms with E-state index < -0.39 is 11.6 Å². The van der Waals surface area contributed by atoms with Gasteiger partial charge in [0.1, 0.15) is 23.9 Å². The smallest absolute Gasteiger partial charge is 0.179 e. The van der Waals surface area contributed by atoms with Gasteiger partial charge in [0.15, 0.2) is 17.4 Å². The van der Waals surface area contributed by atoms with Crippen LogP contribution in [0, 0.1) is 11.6 Å². The number of ether oxygens (including phenoxy) is 1. The van der Waals surface area contributed by atoms with Crippen molar-refractivity contribution >= 4 is 11.5 Å². The number of benzene rings is 2. The predicted molar refractivity (Wildman–Crippen MR) is 154 cm³/mol. The number of hydrogen-bond donors (Lipinski definition) is 1. The molecule has 1 saturated heterocycles. The van der Waals surface area contributed by atoms with Gasteiger partial charge < -0.3 is 10.1 Å². The van der Waals surface area contributed by atoms with Crippen LogP contribution < -0.4 is 10.1 Å². The molecule has 2 aromatic carbocycles. The normalized spacial score (nSPS) is 18.0. The fourth-order valence-corrected chi connectivity index (χ4v) is 4.59. The van der Waals surface area contributed by atoms with Crippen LogP contribution in [-0.4, -0.2) is 65.0 Å². The van der Waals surface area contributed by atoms with Crippen LogP contribution in [0.2, 0.25) is 0 Å². The first-order valence-corrected chi connectivity index (χ1v) is 13.6. The standard InChI is InChI=1S/C30H32F2N8O/c1-3-27(23-15-24(31)17-25(32)16-23)36-30-28(4-2)37-38-40(30)20-21-6-5-7-22(14-21)29-34-18-26(19-35-29)41-13-12-39-10-8-33-9-11-39/h3-7,14-19,33H,8-13,20H2,1-2H3/b27-3-,28-4?,36-30+. The van der Waals surface area contributed by atoms with E-state index >= 15 is 0 Å². The Labute approximate surface area is 238 Å². The Hall–Kier alpha value is -4.35. The molecular formula is C30H32F2N8O. The maximum atomic E-state index is 13.9. The summed E-state index contributed by atoms with van der Waals surface area (Å²) in [6, 6.07) is 11.2. The Kier molecular flexibility index (Phi) is 9.17. The van der Waals surface area contributed by atoms with Crippen molar-refractivity contribution < 1.29 is 13.5 Å². The molecule has 3 aromatic rings. The van der Waals surface area contributed by atoms with Crippen LogP contribution in [0.4, 0.5) is 8.78 Å². The molecule has 3 heterocycles. The maximum absolute atomic E-state index is 13.9. The van der Waals surface area contributed by atoms with Gasteiger partial charge in [-0.2, -0.15) is 0 Å². The topological polar surface area (TPSA) is 90.6 Å². The second-order valence-corrected chi connectivity index (χ2v) is 9.57. The van der Waals surface area contributed by atoms with Crippen molar-refractivity contribution in [3.05, 3.63) is 95.5 Å². The van der Waals surface area contributed by atoms with E-state index in [1.165, 1.54) is 12.1 Å². The molecule has 0 radical (unpaired) electrons. The molecular weight excluding hydrogens is 526 g/mol. The van der Waals surface area contributed by atoms with Crippen molar-refractivity contribution in [2.24, 2.45) is 15.3 Å². The summed E-state index contributed by atoms with van der Waals surface area (Å²) in [6.45, 7) is 9.50. The van der Waals surface area contributed by atoms with Gasteiger partial charge in [-0.05, 0) is 37.6 Å². The summed E-state index contributed by atoms with van der Waals surface area (Å²) in [6.07, 6.45) is 6.87. The first-order valence-electron chi connectivity index (χ1n) is 13.6. The third-order valence-electron chi connectivity index (χ3n) is 6.70. The molecule has 5 rings (SSSR count). The van der Waals surface area contributed by atoms with Crippen molar-refractivity contribution in [2.45, 2.75) is 20.4 Å². The molecule has 1 N–H and O–H groups in total. The van der Waals surface area contributed by atoms with Crippen molar-refractivity contribution in [2.75, 3.05) is 39.3 Å². The Morgan fingerprint density at radius 3 is 2.51 bits per heavy atom. The Morgan fingerprint density at radius 2 is 1.80 bits per heavy atom. The fourth-order valence-electron chi connectivity index (χ4n) is 4.59. The minimum Gasteiger partial charge on any atom is -0.489 e. The molecule has 0 spiro atoms. The monoisotopic (exact) mass is 558 g/mol. The highest BCUT2D eigenvalue weighted by molar-refractivity contribution is 6.01. The van der Waals surface area contributed by atoms with E-state index in [2.05, 4.69) is 30.5 Å². The molecule has 0 amide bonds. The summed E-state index contributed by atoms with van der Waals surface area (Å²) in [4.78, 5) is 16.1. The molecule has 0 saturated carbocycles. The van der Waals surface area contributed by atoms with Crippen molar-refractivity contribution in [1.29, 1.82) is 0 Å². The molecule has 0 aliphatic carbocycles. The summed E-state index contributed by atoms with van der Waals surface area (Å²) in [5.74, 6) is 0.357. The lowest BCUT2D eigenvalue weighted by atomic mass is 10.1. The number of nitrogens with zero attached hydrogens (tertiary/aromatic N) is 7. The molecule has 2 aliphatic rings. The second kappa shape index (κ2) is 13.3. The molecule has 1 fully saturated rings. The van der Waals surface area contributed by atoms with Gasteiger partial charge in [-0.25, -0.2) is 28.8 Å². The van der Waals surface area contributed by atoms with Crippen LogP contribution >= 0.6 is 0 Å². The van der Waals surface area contributed by atoms with Crippen LogP contribution in [0.1, 0.15) is 25.0 Å². The Bertz CT molecular complexity index is 1460. The lowest BCUT2D eigenvalue weighted by Gasteiger charge is -2.26. The molecule has 0 unspecified atom stereocenters. The van der Waals surface area contributed by atoms with Gasteiger partial charge in [-0.15, -0.1) is 5.11 Å². The van der Waals surface area contributed by atoms with E-state index in [9.17, 15) is 8.78 Å². The number of halogens is 2. The Balaban J connectivity index is 1.28. The van der Waals surface area contributed by atoms with E-state index in [1.54, 1.807) is 36.5 Å². The van der Waals surface area contributed by atoms with Gasteiger partial charge in [-0.3, -0.25) is 4.90 Å². The quantitative estimate of drug-likeness (QED) is 0.386. The zero-order valence-electron chi connectivity index (χ0n) is 23.1. The molecule has 1 aromatic heterocycles. The van der Waals surface area contributed by atoms with Crippen LogP contribution in [-0.2, 0) is 6.54 Å². The van der Waals surface area contributed by atoms with Crippen molar-refractivity contribution in [3.63, 3.8) is 0 Å². The number of rotatable bonds is 9. The molecule has 41 heavy (non-hydrogen) atoms. The number of nitrogens with one attached hydrogen (secondary N) is 1. The largest absolute Gasteiger partial charge is 0.489 e. The van der Waals surface area contributed by atoms with Crippen LogP contribution in [0.5, 0.6) is 5.75 Å². The number of aliphatic imine (C=N–C) groups is 1. The lowest BCUT2D eigenvalue weighted by Crippen LogP contribution is -2.44. The van der Waals surface area contributed by atoms with E-state index in [1.807, 2.05) is 31.2 Å². The van der Waals surface area contributed by atoms with E-state index in [0.717, 1.165) is 49.9 Å². The van der Waals surface area contributed by atoms with Crippen LogP contribution in [0.3, 0.4) is 0 Å². The number of allylic oxidation sites excluding steroid dienone is 2. The van der Waals surface area contributed by atoms with E-state index in [0.29, 0.717) is 47.5 Å². The summed E-state index contributed by atoms with van der Waals surface area (Å²) >= 11 is 0. The molecule has 0 atom stereocenters. The molecule has 2 aliphatic heterocycles. The average Bonchev–Trinajstić information content (AvgIpc) is 3.37. The van der Waals surface area contributed by atoms with Gasteiger partial charge in [0.2, 0.25) is 0 Å². The van der Waals surface area contributed by atoms with Gasteiger partial charge in [0, 0.05) is 49.9 Å². The first-order chi connectivity index (χ1) is 20.0. The second-order valence-electron chi connectivity index (χ2n) is 9.57. The van der Waals surface area contributed by atoms with Crippen LogP contribution in [0.25, 0.3) is 17.1 Å². The first kappa shape index (κ1) is 28.2. The van der Waals surface area contributed by atoms with E-state index in [-0.39, 0.29) is 0 Å². The number of hydrogen-bond acceptors (Lipinski definition) is 8. The minimum absolute atomic E-state index is 0.329. The molecule has 11 heteroatoms. The van der Waals surface area contributed by atoms with E-state index in [4.69, 9.17) is 9.73 Å². The summed E-state index contributed by atoms with van der Waals surface area (Å²) in [5, 5.41) is 13.5. The van der Waals surface area contributed by atoms with Crippen molar-refractivity contribution in [3.8, 4) is 17.1 Å². The van der Waals surface area contributed by atoms with Crippen LogP contribution in [0.15, 0.2) is 88.0 Å². The number of piperazine rings is 1. The molecule has 9 nitrogen and oxygen atoms in total. The highest BCUT2D eigenvalue weighted by atomic mass is 19.1. The lowest BCUT2D eigenvalue weighted by molar-refractivity contribution is 0.191. The SMILES string of the molecule is CC=C1N=NN(Cc2cccc(-c3ncc(OCCN4CCNCC4)cn3)c2)/C1=N/C(=C\C)c1cc(F)cc(F)c1. The predicted octanol–water partition coefficient (Wildman–Crippen LogP) is 5.25. The van der Waals surface area contributed by atoms with Gasteiger partial charge in [-0.1, -0.05) is 35.6 Å². The van der Waals surface area contributed by atoms with Gasteiger partial charge in [0.25, 0.3) is 0 Å². The molecule has 212 valence electrons. The zero-order valence-corrected chi connectivity index (χ0v) is 23.1. The third kappa shape index (κ3) is 7.24. The van der Waals surface area contributed by atoms with Crippen molar-refractivity contribution in [1.82, 2.24) is 25.2 Å². The fraction of sp³-hybridized carbons (Fsp3) is 0.300.